The highest BCUT2D eigenvalue weighted by Gasteiger charge is 2.22. The predicted molar refractivity (Wildman–Crippen MR) is 59.9 cm³/mol. The van der Waals surface area contributed by atoms with E-state index in [1.165, 1.54) is 20.2 Å². The first-order valence-electron chi connectivity index (χ1n) is 5.11. The molecule has 0 fully saturated rings. The first kappa shape index (κ1) is 12.3. The summed E-state index contributed by atoms with van der Waals surface area (Å²) < 4.78 is 5.81. The Morgan fingerprint density at radius 1 is 1.50 bits per heavy atom. The number of carbonyl (C=O) groups excluding carboxylic acids is 2. The minimum Gasteiger partial charge on any atom is -0.464 e. The maximum Gasteiger partial charge on any atom is 0.356 e. The van der Waals surface area contributed by atoms with Crippen LogP contribution in [-0.4, -0.2) is 23.5 Å². The van der Waals surface area contributed by atoms with Crippen molar-refractivity contribution < 1.29 is 14.3 Å². The molecule has 0 radical (unpaired) electrons. The number of esters is 1. The van der Waals surface area contributed by atoms with Crippen LogP contribution in [0.15, 0.2) is 6.20 Å². The van der Waals surface area contributed by atoms with Gasteiger partial charge in [-0.05, 0) is 18.9 Å². The molecule has 0 amide bonds. The van der Waals surface area contributed by atoms with Gasteiger partial charge in [0.25, 0.3) is 0 Å². The number of hydrogen-bond donors (Lipinski definition) is 1. The number of nitrogens with two attached hydrogens (primary N) is 1. The van der Waals surface area contributed by atoms with Crippen molar-refractivity contribution in [1.29, 1.82) is 0 Å². The van der Waals surface area contributed by atoms with Crippen molar-refractivity contribution in [3.05, 3.63) is 23.0 Å². The summed E-state index contributed by atoms with van der Waals surface area (Å²) in [5.41, 5.74) is 1.42. The Kier molecular flexibility index (Phi) is 3.71. The normalized spacial score (nSPS) is 10.2. The number of rotatable bonds is 4. The third-order valence-corrected chi connectivity index (χ3v) is 2.40. The maximum absolute atomic E-state index is 11.5. The summed E-state index contributed by atoms with van der Waals surface area (Å²) in [4.78, 5) is 22.9. The lowest BCUT2D eigenvalue weighted by molar-refractivity contribution is 0.0589. The van der Waals surface area contributed by atoms with Crippen LogP contribution in [0.25, 0.3) is 0 Å². The number of Topliss-reactive ketones (excluding diaryl/α,β-unsaturated/α-hetero) is 1. The summed E-state index contributed by atoms with van der Waals surface area (Å²) in [6, 6.07) is 0. The lowest BCUT2D eigenvalue weighted by atomic mass is 10.0. The molecule has 0 aliphatic carbocycles. The van der Waals surface area contributed by atoms with Crippen molar-refractivity contribution in [2.45, 2.75) is 26.7 Å². The molecule has 0 saturated heterocycles. The van der Waals surface area contributed by atoms with Crippen molar-refractivity contribution in [2.24, 2.45) is 0 Å². The summed E-state index contributed by atoms with van der Waals surface area (Å²) in [5, 5.41) is 0. The average Bonchev–Trinajstić information content (AvgIpc) is 2.55. The molecular weight excluding hydrogens is 208 g/mol. The molecule has 1 heterocycles. The molecule has 0 spiro atoms. The maximum atomic E-state index is 11.5. The van der Waals surface area contributed by atoms with E-state index in [9.17, 15) is 9.59 Å². The molecule has 5 nitrogen and oxygen atoms in total. The number of nitrogen functional groups attached to an aromatic ring is 1. The molecule has 16 heavy (non-hydrogen) atoms. The van der Waals surface area contributed by atoms with Crippen molar-refractivity contribution in [3.63, 3.8) is 0 Å². The van der Waals surface area contributed by atoms with E-state index in [-0.39, 0.29) is 11.5 Å². The van der Waals surface area contributed by atoms with E-state index in [1.54, 1.807) is 0 Å². The molecule has 0 bridgehead atoms. The summed E-state index contributed by atoms with van der Waals surface area (Å²) in [7, 11) is 1.29. The van der Waals surface area contributed by atoms with Gasteiger partial charge in [-0.3, -0.25) is 9.47 Å². The van der Waals surface area contributed by atoms with E-state index >= 15 is 0 Å². The topological polar surface area (TPSA) is 74.3 Å². The summed E-state index contributed by atoms with van der Waals surface area (Å²) in [6.45, 7) is 3.42. The van der Waals surface area contributed by atoms with Crippen LogP contribution in [0.1, 0.15) is 46.7 Å². The molecular formula is C11H16N2O3. The Bertz CT molecular complexity index is 421. The Morgan fingerprint density at radius 2 is 2.12 bits per heavy atom. The van der Waals surface area contributed by atoms with Crippen molar-refractivity contribution in [3.8, 4) is 0 Å². The zero-order valence-corrected chi connectivity index (χ0v) is 9.74. The summed E-state index contributed by atoms with van der Waals surface area (Å²) in [5.74, 6) is 5.04. The highest BCUT2D eigenvalue weighted by Crippen LogP contribution is 2.19. The standard InChI is InChI=1S/C11H16N2O3/c1-4-5-8-9(7(2)14)6-13(12)10(8)11(15)16-3/h6H,4-5,12H2,1-3H3. The lowest BCUT2D eigenvalue weighted by Crippen LogP contribution is -2.17. The molecule has 0 saturated carbocycles. The van der Waals surface area contributed by atoms with E-state index < -0.39 is 5.97 Å². The number of nitrogens with zero attached hydrogens (tertiary/aromatic N) is 1. The van der Waals surface area contributed by atoms with Crippen molar-refractivity contribution in [2.75, 3.05) is 13.0 Å². The minimum atomic E-state index is -0.515. The van der Waals surface area contributed by atoms with Gasteiger partial charge in [0, 0.05) is 11.8 Å². The Balaban J connectivity index is 3.34. The number of methoxy groups -OCH3 is 1. The summed E-state index contributed by atoms with van der Waals surface area (Å²) >= 11 is 0. The highest BCUT2D eigenvalue weighted by molar-refractivity contribution is 6.00. The van der Waals surface area contributed by atoms with Crippen LogP contribution in [0.4, 0.5) is 0 Å². The molecule has 0 atom stereocenters. The molecule has 1 rings (SSSR count). The number of aromatic nitrogens is 1. The number of ether oxygens (including phenoxy) is 1. The molecule has 0 aliphatic rings. The Labute approximate surface area is 94.2 Å². The van der Waals surface area contributed by atoms with E-state index in [2.05, 4.69) is 4.74 Å². The zero-order chi connectivity index (χ0) is 12.3. The second kappa shape index (κ2) is 4.83. The monoisotopic (exact) mass is 224 g/mol. The van der Waals surface area contributed by atoms with Crippen LogP contribution in [-0.2, 0) is 11.2 Å². The van der Waals surface area contributed by atoms with Gasteiger partial charge in [0.05, 0.1) is 7.11 Å². The average molecular weight is 224 g/mol. The van der Waals surface area contributed by atoms with Gasteiger partial charge in [-0.2, -0.15) is 0 Å². The Hall–Kier alpha value is -1.78. The molecule has 0 aliphatic heterocycles. The van der Waals surface area contributed by atoms with Crippen LogP contribution >= 0.6 is 0 Å². The van der Waals surface area contributed by atoms with Crippen LogP contribution < -0.4 is 5.84 Å². The van der Waals surface area contributed by atoms with Gasteiger partial charge in [0.1, 0.15) is 0 Å². The second-order valence-corrected chi connectivity index (χ2v) is 3.57. The second-order valence-electron chi connectivity index (χ2n) is 3.57. The van der Waals surface area contributed by atoms with E-state index in [1.807, 2.05) is 6.92 Å². The van der Waals surface area contributed by atoms with Gasteiger partial charge < -0.3 is 10.6 Å². The number of ketones is 1. The highest BCUT2D eigenvalue weighted by atomic mass is 16.5. The van der Waals surface area contributed by atoms with E-state index in [0.717, 1.165) is 11.1 Å². The molecule has 5 heteroatoms. The van der Waals surface area contributed by atoms with Crippen molar-refractivity contribution >= 4 is 11.8 Å². The minimum absolute atomic E-state index is 0.0993. The third-order valence-electron chi connectivity index (χ3n) is 2.40. The van der Waals surface area contributed by atoms with Gasteiger partial charge in [-0.15, -0.1) is 0 Å². The Morgan fingerprint density at radius 3 is 2.56 bits per heavy atom. The predicted octanol–water partition coefficient (Wildman–Crippen LogP) is 1.14. The SMILES string of the molecule is CCCc1c(C(C)=O)cn(N)c1C(=O)OC. The van der Waals surface area contributed by atoms with Gasteiger partial charge in [-0.25, -0.2) is 4.79 Å². The number of carbonyl (C=O) groups is 2. The zero-order valence-electron chi connectivity index (χ0n) is 9.74. The first-order chi connectivity index (χ1) is 7.52. The lowest BCUT2D eigenvalue weighted by Gasteiger charge is -2.04. The fourth-order valence-electron chi connectivity index (χ4n) is 1.70. The van der Waals surface area contributed by atoms with Crippen LogP contribution in [0, 0.1) is 0 Å². The summed E-state index contributed by atoms with van der Waals surface area (Å²) in [6.07, 6.45) is 2.93. The fourth-order valence-corrected chi connectivity index (χ4v) is 1.70. The molecule has 0 aromatic carbocycles. The largest absolute Gasteiger partial charge is 0.464 e. The van der Waals surface area contributed by atoms with E-state index in [0.29, 0.717) is 17.5 Å². The fraction of sp³-hybridized carbons (Fsp3) is 0.455. The first-order valence-corrected chi connectivity index (χ1v) is 5.11. The van der Waals surface area contributed by atoms with Gasteiger partial charge in [0.15, 0.2) is 11.5 Å². The van der Waals surface area contributed by atoms with Gasteiger partial charge >= 0.3 is 5.97 Å². The van der Waals surface area contributed by atoms with Crippen LogP contribution in [0.2, 0.25) is 0 Å². The third kappa shape index (κ3) is 2.08. The molecule has 0 unspecified atom stereocenters. The molecule has 1 aromatic rings. The van der Waals surface area contributed by atoms with Crippen molar-refractivity contribution in [1.82, 2.24) is 4.68 Å². The molecule has 1 aromatic heterocycles. The van der Waals surface area contributed by atoms with E-state index in [4.69, 9.17) is 5.84 Å². The van der Waals surface area contributed by atoms with Crippen LogP contribution in [0.5, 0.6) is 0 Å². The van der Waals surface area contributed by atoms with Gasteiger partial charge in [-0.1, -0.05) is 13.3 Å². The molecule has 88 valence electrons. The smallest absolute Gasteiger partial charge is 0.356 e. The molecule has 2 N–H and O–H groups in total. The van der Waals surface area contributed by atoms with Gasteiger partial charge in [0.2, 0.25) is 0 Å². The quantitative estimate of drug-likeness (QED) is 0.473. The van der Waals surface area contributed by atoms with Crippen LogP contribution in [0.3, 0.4) is 0 Å². The number of hydrogen-bond acceptors (Lipinski definition) is 4.